The Hall–Kier alpha value is -3.34. The van der Waals surface area contributed by atoms with Crippen molar-refractivity contribution in [2.75, 3.05) is 11.4 Å². The van der Waals surface area contributed by atoms with E-state index in [0.29, 0.717) is 0 Å². The smallest absolute Gasteiger partial charge is 0.416 e. The average molecular weight is 422 g/mol. The number of carbonyl (C=O) groups is 2. The number of hydrogen-bond acceptors (Lipinski definition) is 8. The summed E-state index contributed by atoms with van der Waals surface area (Å²) >= 11 is 0. The number of pyridine rings is 2. The summed E-state index contributed by atoms with van der Waals surface area (Å²) in [5.74, 6) is -1.21. The van der Waals surface area contributed by atoms with Crippen LogP contribution in [0, 0.1) is 0 Å². The number of aliphatic carboxylic acids is 1. The molecular formula is C18H22N4O6S. The third-order valence-electron chi connectivity index (χ3n) is 2.87. The second-order valence-corrected chi connectivity index (χ2v) is 7.17. The summed E-state index contributed by atoms with van der Waals surface area (Å²) in [4.78, 5) is 31.8. The molecule has 0 atom stereocenters. The lowest BCUT2D eigenvalue weighted by Crippen LogP contribution is -2.40. The molecule has 11 heteroatoms. The highest BCUT2D eigenvalue weighted by molar-refractivity contribution is 7.61. The Labute approximate surface area is 169 Å². The maximum Gasteiger partial charge on any atom is 0.416 e. The number of ether oxygens (including phenoxy) is 1. The zero-order valence-corrected chi connectivity index (χ0v) is 17.0. The Bertz CT molecular complexity index is 908. The minimum atomic E-state index is -2.58. The molecule has 2 aromatic heterocycles. The molecule has 2 heterocycles. The second-order valence-electron chi connectivity index (χ2n) is 6.48. The first-order valence-corrected chi connectivity index (χ1v) is 9.42. The number of carboxylic acids is 1. The van der Waals surface area contributed by atoms with E-state index >= 15 is 0 Å². The van der Waals surface area contributed by atoms with Gasteiger partial charge in [0.1, 0.15) is 18.0 Å². The summed E-state index contributed by atoms with van der Waals surface area (Å²) in [6, 6.07) is 10.2. The molecule has 0 aromatic carbocycles. The number of hydrogen-bond donors (Lipinski definition) is 1. The van der Waals surface area contributed by atoms with Gasteiger partial charge in [-0.2, -0.15) is 12.8 Å². The molecule has 29 heavy (non-hydrogen) atoms. The molecule has 2 aromatic rings. The number of aromatic nitrogens is 2. The highest BCUT2D eigenvalue weighted by atomic mass is 32.2. The third-order valence-corrected chi connectivity index (χ3v) is 3.21. The van der Waals surface area contributed by atoms with Crippen molar-refractivity contribution in [3.05, 3.63) is 54.5 Å². The Morgan fingerprint density at radius 1 is 1.14 bits per heavy atom. The minimum Gasteiger partial charge on any atom is -0.480 e. The molecule has 0 aliphatic heterocycles. The van der Waals surface area contributed by atoms with Gasteiger partial charge >= 0.3 is 22.6 Å². The third kappa shape index (κ3) is 10.5. The van der Waals surface area contributed by atoms with Gasteiger partial charge in [0.05, 0.1) is 12.2 Å². The van der Waals surface area contributed by atoms with E-state index in [1.165, 1.54) is 18.2 Å². The fraction of sp³-hybridized carbons (Fsp3) is 0.333. The SMILES string of the molecule is CC(C)(C)OC(=O)N(CC(=O)O)c1cccc(CN=S(=O)=O)n1.c1ccncc1. The van der Waals surface area contributed by atoms with Crippen LogP contribution in [0.15, 0.2) is 53.2 Å². The van der Waals surface area contributed by atoms with Crippen molar-refractivity contribution in [3.8, 4) is 0 Å². The molecule has 0 radical (unpaired) electrons. The molecule has 1 N–H and O–H groups in total. The quantitative estimate of drug-likeness (QED) is 0.775. The van der Waals surface area contributed by atoms with Crippen molar-refractivity contribution < 1.29 is 27.9 Å². The van der Waals surface area contributed by atoms with Crippen molar-refractivity contribution in [3.63, 3.8) is 0 Å². The first kappa shape index (κ1) is 23.7. The van der Waals surface area contributed by atoms with Crippen molar-refractivity contribution in [2.45, 2.75) is 32.9 Å². The van der Waals surface area contributed by atoms with Gasteiger partial charge in [0.15, 0.2) is 0 Å². The van der Waals surface area contributed by atoms with Gasteiger partial charge in [0.2, 0.25) is 0 Å². The number of rotatable bonds is 5. The van der Waals surface area contributed by atoms with Gasteiger partial charge in [-0.3, -0.25) is 14.7 Å². The first-order chi connectivity index (χ1) is 13.6. The Morgan fingerprint density at radius 2 is 1.79 bits per heavy atom. The van der Waals surface area contributed by atoms with E-state index in [9.17, 15) is 18.0 Å². The lowest BCUT2D eigenvalue weighted by atomic mass is 10.2. The van der Waals surface area contributed by atoms with E-state index < -0.39 is 34.7 Å². The molecular weight excluding hydrogens is 400 g/mol. The van der Waals surface area contributed by atoms with E-state index in [2.05, 4.69) is 14.3 Å². The minimum absolute atomic E-state index is 0.0334. The van der Waals surface area contributed by atoms with Crippen LogP contribution >= 0.6 is 0 Å². The standard InChI is InChI=1S/C13H17N3O6S.C5H5N/c1-13(2,3)22-12(19)16(8-11(17)18)10-6-4-5-9(15-10)7-14-23(20)21;1-2-4-6-5-3-1/h4-6H,7-8H2,1-3H3,(H,17,18);1-5H. The van der Waals surface area contributed by atoms with Crippen LogP contribution in [0.1, 0.15) is 26.5 Å². The molecule has 0 bridgehead atoms. The van der Waals surface area contributed by atoms with Crippen molar-refractivity contribution >= 4 is 28.4 Å². The first-order valence-electron chi connectivity index (χ1n) is 8.38. The largest absolute Gasteiger partial charge is 0.480 e. The van der Waals surface area contributed by atoms with Crippen molar-refractivity contribution in [1.29, 1.82) is 0 Å². The van der Waals surface area contributed by atoms with Crippen molar-refractivity contribution in [1.82, 2.24) is 9.97 Å². The van der Waals surface area contributed by atoms with Crippen molar-refractivity contribution in [2.24, 2.45) is 4.36 Å². The molecule has 156 valence electrons. The topological polar surface area (TPSA) is 139 Å². The summed E-state index contributed by atoms with van der Waals surface area (Å²) in [6.07, 6.45) is 2.63. The normalized spacial score (nSPS) is 10.2. The maximum absolute atomic E-state index is 12.2. The van der Waals surface area contributed by atoms with Crippen LogP contribution in [0.3, 0.4) is 0 Å². The monoisotopic (exact) mass is 422 g/mol. The zero-order chi connectivity index (χ0) is 21.9. The summed E-state index contributed by atoms with van der Waals surface area (Å²) < 4.78 is 29.3. The van der Waals surface area contributed by atoms with Crippen LogP contribution < -0.4 is 4.90 Å². The molecule has 0 saturated heterocycles. The van der Waals surface area contributed by atoms with Gasteiger partial charge in [-0.05, 0) is 45.0 Å². The summed E-state index contributed by atoms with van der Waals surface area (Å²) in [7, 11) is -2.58. The molecule has 10 nitrogen and oxygen atoms in total. The molecule has 0 aliphatic rings. The van der Waals surface area contributed by atoms with E-state index in [-0.39, 0.29) is 18.1 Å². The molecule has 0 saturated carbocycles. The van der Waals surface area contributed by atoms with E-state index in [4.69, 9.17) is 9.84 Å². The lowest BCUT2D eigenvalue weighted by molar-refractivity contribution is -0.135. The fourth-order valence-corrected chi connectivity index (χ4v) is 2.07. The number of carbonyl (C=O) groups excluding carboxylic acids is 1. The molecule has 0 spiro atoms. The van der Waals surface area contributed by atoms with E-state index in [1.54, 1.807) is 33.2 Å². The molecule has 0 fully saturated rings. The Balaban J connectivity index is 0.000000594. The highest BCUT2D eigenvalue weighted by Gasteiger charge is 2.26. The predicted molar refractivity (Wildman–Crippen MR) is 105 cm³/mol. The zero-order valence-electron chi connectivity index (χ0n) is 16.2. The van der Waals surface area contributed by atoms with Crippen LogP contribution in [0.2, 0.25) is 0 Å². The highest BCUT2D eigenvalue weighted by Crippen LogP contribution is 2.17. The van der Waals surface area contributed by atoms with Crippen LogP contribution in [-0.4, -0.2) is 47.7 Å². The number of carboxylic acid groups (broad SMARTS) is 1. The number of amides is 1. The summed E-state index contributed by atoms with van der Waals surface area (Å²) in [6.45, 7) is 4.09. The van der Waals surface area contributed by atoms with Crippen LogP contribution in [0.25, 0.3) is 0 Å². The second kappa shape index (κ2) is 11.5. The van der Waals surface area contributed by atoms with Crippen LogP contribution in [0.5, 0.6) is 0 Å². The van der Waals surface area contributed by atoms with Crippen LogP contribution in [-0.2, 0) is 26.6 Å². The summed E-state index contributed by atoms with van der Waals surface area (Å²) in [5, 5.41) is 8.96. The fourth-order valence-electron chi connectivity index (χ4n) is 1.83. The Kier molecular flexibility index (Phi) is 9.39. The molecule has 0 aliphatic carbocycles. The number of anilines is 1. The molecule has 1 amide bonds. The molecule has 2 rings (SSSR count). The number of nitrogens with zero attached hydrogens (tertiary/aromatic N) is 4. The maximum atomic E-state index is 12.2. The van der Waals surface area contributed by atoms with Gasteiger partial charge < -0.3 is 9.84 Å². The van der Waals surface area contributed by atoms with Gasteiger partial charge in [-0.25, -0.2) is 9.78 Å². The van der Waals surface area contributed by atoms with Crippen LogP contribution in [0.4, 0.5) is 10.6 Å². The van der Waals surface area contributed by atoms with Gasteiger partial charge in [0.25, 0.3) is 0 Å². The van der Waals surface area contributed by atoms with Gasteiger partial charge in [-0.1, -0.05) is 12.1 Å². The lowest BCUT2D eigenvalue weighted by Gasteiger charge is -2.25. The van der Waals surface area contributed by atoms with E-state index in [1.807, 2.05) is 18.2 Å². The van der Waals surface area contributed by atoms with E-state index in [0.717, 1.165) is 4.90 Å². The average Bonchev–Trinajstić information content (AvgIpc) is 2.65. The summed E-state index contributed by atoms with van der Waals surface area (Å²) in [5.41, 5.74) is -0.536. The molecule has 0 unspecified atom stereocenters. The predicted octanol–water partition coefficient (Wildman–Crippen LogP) is 2.55. The van der Waals surface area contributed by atoms with Gasteiger partial charge in [-0.15, -0.1) is 0 Å². The van der Waals surface area contributed by atoms with Gasteiger partial charge in [0, 0.05) is 12.4 Å². The Morgan fingerprint density at radius 3 is 2.24 bits per heavy atom.